The molecular formula is C17H20N2O4S. The predicted molar refractivity (Wildman–Crippen MR) is 93.1 cm³/mol. The van der Waals surface area contributed by atoms with Crippen LogP contribution in [0.2, 0.25) is 0 Å². The molecule has 3 rings (SSSR count). The zero-order valence-corrected chi connectivity index (χ0v) is 14.4. The molecule has 128 valence electrons. The third-order valence-corrected chi connectivity index (χ3v) is 4.88. The van der Waals surface area contributed by atoms with E-state index in [1.54, 1.807) is 18.2 Å². The number of sulfonamides is 1. The summed E-state index contributed by atoms with van der Waals surface area (Å²) in [5.41, 5.74) is 1.46. The minimum atomic E-state index is -3.68. The summed E-state index contributed by atoms with van der Waals surface area (Å²) in [5, 5.41) is 3.29. The second-order valence-corrected chi connectivity index (χ2v) is 7.66. The first-order valence-electron chi connectivity index (χ1n) is 7.70. The van der Waals surface area contributed by atoms with Crippen molar-refractivity contribution >= 4 is 21.4 Å². The number of fused-ring (bicyclic) bond motifs is 1. The van der Waals surface area contributed by atoms with E-state index >= 15 is 0 Å². The molecule has 0 fully saturated rings. The molecule has 2 aromatic rings. The van der Waals surface area contributed by atoms with Gasteiger partial charge in [-0.2, -0.15) is 0 Å². The van der Waals surface area contributed by atoms with Gasteiger partial charge in [0.05, 0.1) is 4.90 Å². The van der Waals surface area contributed by atoms with Crippen molar-refractivity contribution in [1.82, 2.24) is 0 Å². The summed E-state index contributed by atoms with van der Waals surface area (Å²) in [6.07, 6.45) is 0. The van der Waals surface area contributed by atoms with Gasteiger partial charge in [-0.15, -0.1) is 0 Å². The topological polar surface area (TPSA) is 76.7 Å². The molecule has 0 spiro atoms. The van der Waals surface area contributed by atoms with Gasteiger partial charge in [-0.1, -0.05) is 13.8 Å². The van der Waals surface area contributed by atoms with Crippen molar-refractivity contribution in [2.75, 3.05) is 23.4 Å². The molecule has 1 aliphatic heterocycles. The van der Waals surface area contributed by atoms with Gasteiger partial charge in [0.25, 0.3) is 10.0 Å². The Morgan fingerprint density at radius 3 is 2.38 bits per heavy atom. The Morgan fingerprint density at radius 1 is 1.00 bits per heavy atom. The molecule has 1 aliphatic rings. The lowest BCUT2D eigenvalue weighted by Gasteiger charge is -2.11. The molecule has 7 heteroatoms. The van der Waals surface area contributed by atoms with Crippen molar-refractivity contribution in [3.8, 4) is 11.5 Å². The van der Waals surface area contributed by atoms with Gasteiger partial charge in [-0.05, 0) is 42.3 Å². The Balaban J connectivity index is 1.72. The first-order valence-corrected chi connectivity index (χ1v) is 9.19. The Bertz CT molecular complexity index is 817. The van der Waals surface area contributed by atoms with Gasteiger partial charge in [-0.25, -0.2) is 8.42 Å². The van der Waals surface area contributed by atoms with Crippen LogP contribution >= 0.6 is 0 Å². The quantitative estimate of drug-likeness (QED) is 0.838. The van der Waals surface area contributed by atoms with E-state index in [0.717, 1.165) is 12.2 Å². The summed E-state index contributed by atoms with van der Waals surface area (Å²) >= 11 is 0. The smallest absolute Gasteiger partial charge is 0.262 e. The number of anilines is 2. The Morgan fingerprint density at radius 2 is 1.67 bits per heavy atom. The van der Waals surface area contributed by atoms with Crippen LogP contribution in [-0.4, -0.2) is 21.8 Å². The third-order valence-electron chi connectivity index (χ3n) is 3.51. The van der Waals surface area contributed by atoms with Crippen LogP contribution < -0.4 is 19.5 Å². The maximum atomic E-state index is 12.5. The van der Waals surface area contributed by atoms with Gasteiger partial charge in [0, 0.05) is 24.0 Å². The summed E-state index contributed by atoms with van der Waals surface area (Å²) in [5.74, 6) is 1.52. The van der Waals surface area contributed by atoms with Crippen LogP contribution in [0.5, 0.6) is 11.5 Å². The molecule has 2 N–H and O–H groups in total. The van der Waals surface area contributed by atoms with E-state index in [2.05, 4.69) is 23.9 Å². The zero-order valence-electron chi connectivity index (χ0n) is 13.6. The molecule has 6 nitrogen and oxygen atoms in total. The minimum absolute atomic E-state index is 0.108. The summed E-state index contributed by atoms with van der Waals surface area (Å²) in [7, 11) is -3.68. The van der Waals surface area contributed by atoms with Crippen LogP contribution in [0, 0.1) is 5.92 Å². The molecule has 0 saturated heterocycles. The van der Waals surface area contributed by atoms with Crippen molar-refractivity contribution in [3.63, 3.8) is 0 Å². The number of hydrogen-bond acceptors (Lipinski definition) is 5. The molecule has 0 atom stereocenters. The minimum Gasteiger partial charge on any atom is -0.454 e. The Labute approximate surface area is 141 Å². The third kappa shape index (κ3) is 3.73. The number of rotatable bonds is 6. The lowest BCUT2D eigenvalue weighted by Crippen LogP contribution is -2.13. The summed E-state index contributed by atoms with van der Waals surface area (Å²) in [6.45, 7) is 5.22. The maximum absolute atomic E-state index is 12.5. The van der Waals surface area contributed by atoms with Gasteiger partial charge in [0.15, 0.2) is 11.5 Å². The lowest BCUT2D eigenvalue weighted by atomic mass is 10.2. The van der Waals surface area contributed by atoms with Crippen LogP contribution in [0.3, 0.4) is 0 Å². The standard InChI is InChI=1S/C17H20N2O4S/c1-12(2)10-18-13-3-5-14(6-4-13)19-24(20,21)15-7-8-16-17(9-15)23-11-22-16/h3-9,12,18-19H,10-11H2,1-2H3. The number of ether oxygens (including phenoxy) is 2. The highest BCUT2D eigenvalue weighted by Gasteiger charge is 2.20. The molecule has 0 unspecified atom stereocenters. The second kappa shape index (κ2) is 6.60. The van der Waals surface area contributed by atoms with Crippen molar-refractivity contribution in [2.45, 2.75) is 18.7 Å². The molecular weight excluding hydrogens is 328 g/mol. The van der Waals surface area contributed by atoms with E-state index in [1.807, 2.05) is 12.1 Å². The fraction of sp³-hybridized carbons (Fsp3) is 0.294. The average molecular weight is 348 g/mol. The highest BCUT2D eigenvalue weighted by molar-refractivity contribution is 7.92. The zero-order chi connectivity index (χ0) is 17.2. The lowest BCUT2D eigenvalue weighted by molar-refractivity contribution is 0.174. The van der Waals surface area contributed by atoms with Crippen LogP contribution in [0.15, 0.2) is 47.4 Å². The molecule has 0 radical (unpaired) electrons. The molecule has 0 saturated carbocycles. The average Bonchev–Trinajstić information content (AvgIpc) is 3.01. The predicted octanol–water partition coefficient (Wildman–Crippen LogP) is 3.28. The van der Waals surface area contributed by atoms with Crippen LogP contribution in [0.25, 0.3) is 0 Å². The Kier molecular flexibility index (Phi) is 4.53. The van der Waals surface area contributed by atoms with Crippen LogP contribution in [0.1, 0.15) is 13.8 Å². The van der Waals surface area contributed by atoms with E-state index in [9.17, 15) is 8.42 Å². The molecule has 0 aliphatic carbocycles. The van der Waals surface area contributed by atoms with E-state index < -0.39 is 10.0 Å². The molecule has 0 bridgehead atoms. The molecule has 24 heavy (non-hydrogen) atoms. The van der Waals surface area contributed by atoms with Crippen LogP contribution in [-0.2, 0) is 10.0 Å². The summed E-state index contributed by atoms with van der Waals surface area (Å²) < 4.78 is 37.9. The normalized spacial score (nSPS) is 13.1. The van der Waals surface area contributed by atoms with E-state index in [-0.39, 0.29) is 11.7 Å². The van der Waals surface area contributed by atoms with Crippen molar-refractivity contribution in [1.29, 1.82) is 0 Å². The summed E-state index contributed by atoms with van der Waals surface area (Å²) in [6, 6.07) is 11.7. The van der Waals surface area contributed by atoms with Gasteiger partial charge < -0.3 is 14.8 Å². The molecule has 0 amide bonds. The van der Waals surface area contributed by atoms with E-state index in [4.69, 9.17) is 9.47 Å². The first kappa shape index (κ1) is 16.4. The number of benzene rings is 2. The van der Waals surface area contributed by atoms with Crippen molar-refractivity contribution < 1.29 is 17.9 Å². The summed E-state index contributed by atoms with van der Waals surface area (Å²) in [4.78, 5) is 0.133. The van der Waals surface area contributed by atoms with E-state index in [1.165, 1.54) is 12.1 Å². The highest BCUT2D eigenvalue weighted by Crippen LogP contribution is 2.34. The molecule has 1 heterocycles. The fourth-order valence-electron chi connectivity index (χ4n) is 2.24. The Hall–Kier alpha value is -2.41. The monoisotopic (exact) mass is 348 g/mol. The first-order chi connectivity index (χ1) is 11.4. The highest BCUT2D eigenvalue weighted by atomic mass is 32.2. The second-order valence-electron chi connectivity index (χ2n) is 5.97. The van der Waals surface area contributed by atoms with Crippen molar-refractivity contribution in [3.05, 3.63) is 42.5 Å². The van der Waals surface area contributed by atoms with Gasteiger partial charge in [0.1, 0.15) is 0 Å². The van der Waals surface area contributed by atoms with Gasteiger partial charge >= 0.3 is 0 Å². The number of hydrogen-bond donors (Lipinski definition) is 2. The molecule has 2 aromatic carbocycles. The maximum Gasteiger partial charge on any atom is 0.262 e. The SMILES string of the molecule is CC(C)CNc1ccc(NS(=O)(=O)c2ccc3c(c2)OCO3)cc1. The van der Waals surface area contributed by atoms with Gasteiger partial charge in [-0.3, -0.25) is 4.72 Å². The fourth-order valence-corrected chi connectivity index (χ4v) is 3.31. The van der Waals surface area contributed by atoms with Crippen LogP contribution in [0.4, 0.5) is 11.4 Å². The molecule has 0 aromatic heterocycles. The van der Waals surface area contributed by atoms with E-state index in [0.29, 0.717) is 23.1 Å². The number of nitrogens with one attached hydrogen (secondary N) is 2. The largest absolute Gasteiger partial charge is 0.454 e. The van der Waals surface area contributed by atoms with Crippen molar-refractivity contribution in [2.24, 2.45) is 5.92 Å². The van der Waals surface area contributed by atoms with Gasteiger partial charge in [0.2, 0.25) is 6.79 Å².